The molecule has 2 aliphatic rings. The maximum atomic E-state index is 6.14. The van der Waals surface area contributed by atoms with Crippen LogP contribution in [0.15, 0.2) is 16.6 Å². The Kier molecular flexibility index (Phi) is 5.27. The summed E-state index contributed by atoms with van der Waals surface area (Å²) in [5, 5.41) is 8.69. The van der Waals surface area contributed by atoms with Crippen molar-refractivity contribution >= 4 is 27.0 Å². The van der Waals surface area contributed by atoms with Crippen molar-refractivity contribution in [3.63, 3.8) is 0 Å². The Morgan fingerprint density at radius 3 is 2.68 bits per heavy atom. The van der Waals surface area contributed by atoms with Crippen molar-refractivity contribution in [1.82, 2.24) is 19.9 Å². The molecule has 0 spiro atoms. The third-order valence-corrected chi connectivity index (χ3v) is 6.21. The summed E-state index contributed by atoms with van der Waals surface area (Å²) in [6, 6.07) is 4.16. The highest BCUT2D eigenvalue weighted by atomic mass is 79.9. The van der Waals surface area contributed by atoms with Crippen LogP contribution in [-0.4, -0.2) is 46.1 Å². The quantitative estimate of drug-likeness (QED) is 0.693. The number of piperidine rings is 1. The number of rotatable bonds is 7. The molecule has 4 rings (SSSR count). The maximum absolute atomic E-state index is 6.14. The van der Waals surface area contributed by atoms with Gasteiger partial charge in [0.1, 0.15) is 11.3 Å². The summed E-state index contributed by atoms with van der Waals surface area (Å²) >= 11 is 3.68. The van der Waals surface area contributed by atoms with Gasteiger partial charge in [0.25, 0.3) is 0 Å². The summed E-state index contributed by atoms with van der Waals surface area (Å²) in [6.45, 7) is 7.67. The monoisotopic (exact) mass is 406 g/mol. The number of hydrogen-bond donors (Lipinski definition) is 0. The molecule has 1 aromatic carbocycles. The molecule has 25 heavy (non-hydrogen) atoms. The molecule has 0 bridgehead atoms. The fourth-order valence-electron chi connectivity index (χ4n) is 3.68. The van der Waals surface area contributed by atoms with Gasteiger partial charge < -0.3 is 9.64 Å². The first-order chi connectivity index (χ1) is 12.2. The Morgan fingerprint density at radius 2 is 1.96 bits per heavy atom. The van der Waals surface area contributed by atoms with Crippen LogP contribution in [0.2, 0.25) is 0 Å². The van der Waals surface area contributed by atoms with Gasteiger partial charge in [-0.2, -0.15) is 0 Å². The summed E-state index contributed by atoms with van der Waals surface area (Å²) in [5.74, 6) is 2.33. The number of hydrogen-bond acceptors (Lipinski definition) is 4. The predicted octanol–water partition coefficient (Wildman–Crippen LogP) is 4.10. The van der Waals surface area contributed by atoms with E-state index in [0.717, 1.165) is 40.3 Å². The van der Waals surface area contributed by atoms with Gasteiger partial charge in [0.15, 0.2) is 0 Å². The smallest absolute Gasteiger partial charge is 0.135 e. The number of fused-ring (bicyclic) bond motifs is 1. The van der Waals surface area contributed by atoms with Gasteiger partial charge in [-0.3, -0.25) is 0 Å². The Morgan fingerprint density at radius 1 is 1.16 bits per heavy atom. The fraction of sp³-hybridized carbons (Fsp3) is 0.684. The van der Waals surface area contributed by atoms with Gasteiger partial charge in [0.2, 0.25) is 0 Å². The van der Waals surface area contributed by atoms with Crippen LogP contribution < -0.4 is 4.74 Å². The van der Waals surface area contributed by atoms with Gasteiger partial charge in [-0.1, -0.05) is 12.1 Å². The number of aromatic nitrogens is 3. The fourth-order valence-corrected chi connectivity index (χ4v) is 4.21. The SMILES string of the molecule is CCCN1CCC(COc2ccc3c(nnn3CC3CC3)c2Br)CC1. The van der Waals surface area contributed by atoms with E-state index in [1.165, 1.54) is 51.7 Å². The van der Waals surface area contributed by atoms with E-state index in [9.17, 15) is 0 Å². The number of likely N-dealkylation sites (tertiary alicyclic amines) is 1. The maximum Gasteiger partial charge on any atom is 0.135 e. The Balaban J connectivity index is 1.38. The van der Waals surface area contributed by atoms with Crippen molar-refractivity contribution in [2.24, 2.45) is 11.8 Å². The first kappa shape index (κ1) is 17.3. The predicted molar refractivity (Wildman–Crippen MR) is 103 cm³/mol. The molecule has 1 saturated heterocycles. The molecular weight excluding hydrogens is 380 g/mol. The summed E-state index contributed by atoms with van der Waals surface area (Å²) < 4.78 is 9.11. The normalized spacial score (nSPS) is 19.6. The largest absolute Gasteiger partial charge is 0.492 e. The van der Waals surface area contributed by atoms with E-state index in [-0.39, 0.29) is 0 Å². The summed E-state index contributed by atoms with van der Waals surface area (Å²) in [7, 11) is 0. The Bertz CT molecular complexity index is 720. The van der Waals surface area contributed by atoms with E-state index in [0.29, 0.717) is 5.92 Å². The molecule has 0 N–H and O–H groups in total. The standard InChI is InChI=1S/C19H27BrN4O/c1-2-9-23-10-7-15(8-11-23)13-25-17-6-5-16-19(18(17)20)21-22-24(16)12-14-3-4-14/h5-6,14-15H,2-4,7-13H2,1H3. The lowest BCUT2D eigenvalue weighted by molar-refractivity contribution is 0.141. The van der Waals surface area contributed by atoms with Crippen LogP contribution in [0, 0.1) is 11.8 Å². The molecule has 1 aliphatic heterocycles. The van der Waals surface area contributed by atoms with Gasteiger partial charge in [-0.15, -0.1) is 5.10 Å². The highest BCUT2D eigenvalue weighted by molar-refractivity contribution is 9.10. The van der Waals surface area contributed by atoms with Crippen LogP contribution in [0.4, 0.5) is 0 Å². The lowest BCUT2D eigenvalue weighted by Crippen LogP contribution is -2.35. The second kappa shape index (κ2) is 7.62. The van der Waals surface area contributed by atoms with E-state index in [1.807, 2.05) is 4.68 Å². The highest BCUT2D eigenvalue weighted by Gasteiger charge is 2.24. The molecule has 5 nitrogen and oxygen atoms in total. The molecule has 2 heterocycles. The first-order valence-electron chi connectivity index (χ1n) is 9.61. The van der Waals surface area contributed by atoms with Crippen LogP contribution in [0.1, 0.15) is 39.0 Å². The number of ether oxygens (including phenoxy) is 1. The van der Waals surface area contributed by atoms with Crippen LogP contribution in [0.5, 0.6) is 5.75 Å². The molecule has 0 amide bonds. The minimum absolute atomic E-state index is 0.654. The van der Waals surface area contributed by atoms with E-state index in [2.05, 4.69) is 50.2 Å². The molecule has 6 heteroatoms. The Labute approximate surface area is 157 Å². The summed E-state index contributed by atoms with van der Waals surface area (Å²) in [6.07, 6.45) is 6.35. The zero-order valence-corrected chi connectivity index (χ0v) is 16.5. The molecule has 2 fully saturated rings. The summed E-state index contributed by atoms with van der Waals surface area (Å²) in [4.78, 5) is 2.57. The third kappa shape index (κ3) is 4.00. The van der Waals surface area contributed by atoms with E-state index in [4.69, 9.17) is 4.74 Å². The topological polar surface area (TPSA) is 43.2 Å². The third-order valence-electron chi connectivity index (χ3n) is 5.44. The van der Waals surface area contributed by atoms with E-state index >= 15 is 0 Å². The molecule has 0 unspecified atom stereocenters. The summed E-state index contributed by atoms with van der Waals surface area (Å²) in [5.41, 5.74) is 2.01. The van der Waals surface area contributed by atoms with Crippen molar-refractivity contribution in [2.75, 3.05) is 26.2 Å². The van der Waals surface area contributed by atoms with Gasteiger partial charge in [0.05, 0.1) is 16.6 Å². The lowest BCUT2D eigenvalue weighted by atomic mass is 9.98. The minimum Gasteiger partial charge on any atom is -0.492 e. The van der Waals surface area contributed by atoms with Crippen molar-refractivity contribution in [2.45, 2.75) is 45.6 Å². The molecule has 1 saturated carbocycles. The second-order valence-corrected chi connectivity index (χ2v) is 8.35. The average Bonchev–Trinajstić information content (AvgIpc) is 3.35. The first-order valence-corrected chi connectivity index (χ1v) is 10.4. The second-order valence-electron chi connectivity index (χ2n) is 7.56. The molecule has 0 atom stereocenters. The van der Waals surface area contributed by atoms with E-state index < -0.39 is 0 Å². The van der Waals surface area contributed by atoms with Crippen molar-refractivity contribution in [3.8, 4) is 5.75 Å². The van der Waals surface area contributed by atoms with E-state index in [1.54, 1.807) is 0 Å². The molecule has 136 valence electrons. The molecule has 2 aromatic rings. The van der Waals surface area contributed by atoms with Gasteiger partial charge in [-0.05, 0) is 91.6 Å². The van der Waals surface area contributed by atoms with Crippen LogP contribution >= 0.6 is 15.9 Å². The average molecular weight is 407 g/mol. The zero-order valence-electron chi connectivity index (χ0n) is 15.0. The molecule has 1 aliphatic carbocycles. The van der Waals surface area contributed by atoms with Gasteiger partial charge in [-0.25, -0.2) is 4.68 Å². The minimum atomic E-state index is 0.654. The molecule has 0 radical (unpaired) electrons. The van der Waals surface area contributed by atoms with Crippen molar-refractivity contribution in [1.29, 1.82) is 0 Å². The molecule has 1 aromatic heterocycles. The number of nitrogens with zero attached hydrogens (tertiary/aromatic N) is 4. The van der Waals surface area contributed by atoms with Crippen molar-refractivity contribution in [3.05, 3.63) is 16.6 Å². The van der Waals surface area contributed by atoms with Crippen LogP contribution in [0.3, 0.4) is 0 Å². The van der Waals surface area contributed by atoms with Gasteiger partial charge >= 0.3 is 0 Å². The zero-order chi connectivity index (χ0) is 17.2. The van der Waals surface area contributed by atoms with Crippen LogP contribution in [-0.2, 0) is 6.54 Å². The van der Waals surface area contributed by atoms with Crippen molar-refractivity contribution < 1.29 is 4.74 Å². The number of halogens is 1. The molecular formula is C19H27BrN4O. The highest BCUT2D eigenvalue weighted by Crippen LogP contribution is 2.35. The number of benzene rings is 1. The lowest BCUT2D eigenvalue weighted by Gasteiger charge is -2.31. The van der Waals surface area contributed by atoms with Gasteiger partial charge in [0, 0.05) is 6.54 Å². The van der Waals surface area contributed by atoms with Crippen LogP contribution in [0.25, 0.3) is 11.0 Å². The Hall–Kier alpha value is -1.14.